The first-order valence-corrected chi connectivity index (χ1v) is 12.9. The van der Waals surface area contributed by atoms with Crippen LogP contribution in [0, 0.1) is 5.82 Å². The van der Waals surface area contributed by atoms with E-state index in [-0.39, 0.29) is 16.7 Å². The number of nitrogens with zero attached hydrogens (tertiary/aromatic N) is 3. The Morgan fingerprint density at radius 1 is 1.11 bits per heavy atom. The van der Waals surface area contributed by atoms with Crippen molar-refractivity contribution in [2.45, 2.75) is 31.1 Å². The number of para-hydroxylation sites is 1. The molecule has 5 atom stereocenters. The second-order valence-electron chi connectivity index (χ2n) is 7.56. The molecule has 196 valence electrons. The van der Waals surface area contributed by atoms with E-state index >= 15 is 0 Å². The first-order valence-electron chi connectivity index (χ1n) is 9.88. The fourth-order valence-electron chi connectivity index (χ4n) is 3.54. The molecule has 5 N–H and O–H groups in total. The number of aliphatic hydroxyl groups is 2. The molecule has 3 heterocycles. The quantitative estimate of drug-likeness (QED) is 0.215. The summed E-state index contributed by atoms with van der Waals surface area (Å²) in [4.78, 5) is 52.0. The second-order valence-corrected chi connectivity index (χ2v) is 10.4. The summed E-state index contributed by atoms with van der Waals surface area (Å²) >= 11 is 0. The number of fused-ring (bicyclic) bond motifs is 1. The Morgan fingerprint density at radius 3 is 2.53 bits per heavy atom. The van der Waals surface area contributed by atoms with E-state index in [9.17, 15) is 38.2 Å². The van der Waals surface area contributed by atoms with Crippen LogP contribution in [0.5, 0.6) is 0 Å². The van der Waals surface area contributed by atoms with Crippen LogP contribution in [0.4, 0.5) is 4.39 Å². The van der Waals surface area contributed by atoms with Crippen molar-refractivity contribution in [3.63, 3.8) is 0 Å². The maximum Gasteiger partial charge on any atom is 0.481 e. The zero-order chi connectivity index (χ0) is 26.4. The highest BCUT2D eigenvalue weighted by Gasteiger charge is 2.46. The standard InChI is InChI=1S/C17H18FN3O13P2/c18-9-3-1-2-8-10(19-33-15(8)9)6-21-12(22)4-5-20(17(21)25)16-14(24)13(23)11(32-16)7-31-36(29,30)34-35(26,27)28/h1-5,11,13-14,16,23-24H,6-7H2,(H,29,30)(H2,26,27,28)/t11-,13-,14-,16-/m1/s1. The van der Waals surface area contributed by atoms with E-state index in [0.29, 0.717) is 4.57 Å². The van der Waals surface area contributed by atoms with E-state index in [1.54, 1.807) is 0 Å². The van der Waals surface area contributed by atoms with Crippen LogP contribution < -0.4 is 11.2 Å². The summed E-state index contributed by atoms with van der Waals surface area (Å²) in [7, 11) is -10.7. The number of ether oxygens (including phenoxy) is 1. The van der Waals surface area contributed by atoms with Crippen molar-refractivity contribution in [3.05, 3.63) is 62.8 Å². The maximum absolute atomic E-state index is 13.9. The third-order valence-electron chi connectivity index (χ3n) is 5.15. The Morgan fingerprint density at radius 2 is 1.83 bits per heavy atom. The molecule has 1 saturated heterocycles. The third-order valence-corrected chi connectivity index (χ3v) is 7.30. The fourth-order valence-corrected chi connectivity index (χ4v) is 5.13. The van der Waals surface area contributed by atoms with Crippen molar-refractivity contribution in [1.82, 2.24) is 14.3 Å². The number of hydrogen-bond acceptors (Lipinski definition) is 11. The molecule has 36 heavy (non-hydrogen) atoms. The van der Waals surface area contributed by atoms with Gasteiger partial charge in [-0.05, 0) is 12.1 Å². The van der Waals surface area contributed by atoms with E-state index < -0.39 is 70.4 Å². The van der Waals surface area contributed by atoms with E-state index in [4.69, 9.17) is 19.0 Å². The molecule has 1 aliphatic heterocycles. The first-order chi connectivity index (χ1) is 16.8. The minimum Gasteiger partial charge on any atom is -0.387 e. The summed E-state index contributed by atoms with van der Waals surface area (Å²) in [5.74, 6) is -0.701. The number of aliphatic hydroxyl groups excluding tert-OH is 2. The van der Waals surface area contributed by atoms with E-state index in [0.717, 1.165) is 22.9 Å². The molecule has 0 radical (unpaired) electrons. The lowest BCUT2D eigenvalue weighted by atomic mass is 10.1. The van der Waals surface area contributed by atoms with Gasteiger partial charge in [0.2, 0.25) is 5.58 Å². The Balaban J connectivity index is 1.57. The molecule has 0 aliphatic carbocycles. The van der Waals surface area contributed by atoms with Gasteiger partial charge in [-0.1, -0.05) is 11.2 Å². The Labute approximate surface area is 198 Å². The predicted octanol–water partition coefficient (Wildman–Crippen LogP) is -0.816. The van der Waals surface area contributed by atoms with Crippen LogP contribution in [0.3, 0.4) is 0 Å². The molecule has 1 unspecified atom stereocenters. The zero-order valence-corrected chi connectivity index (χ0v) is 19.5. The van der Waals surface area contributed by atoms with Crippen molar-refractivity contribution < 1.29 is 56.5 Å². The first kappa shape index (κ1) is 26.5. The molecular weight excluding hydrogens is 535 g/mol. The van der Waals surface area contributed by atoms with Gasteiger partial charge in [0.1, 0.15) is 24.0 Å². The van der Waals surface area contributed by atoms with Crippen LogP contribution >= 0.6 is 15.6 Å². The van der Waals surface area contributed by atoms with Crippen molar-refractivity contribution in [1.29, 1.82) is 0 Å². The summed E-state index contributed by atoms with van der Waals surface area (Å²) in [6.45, 7) is -1.42. The summed E-state index contributed by atoms with van der Waals surface area (Å²) in [5.41, 5.74) is -1.93. The highest BCUT2D eigenvalue weighted by atomic mass is 31.3. The molecule has 1 fully saturated rings. The fraction of sp³-hybridized carbons (Fsp3) is 0.353. The average molecular weight is 553 g/mol. The van der Waals surface area contributed by atoms with Gasteiger partial charge in [0.15, 0.2) is 12.0 Å². The van der Waals surface area contributed by atoms with E-state index in [1.165, 1.54) is 12.1 Å². The van der Waals surface area contributed by atoms with Crippen LogP contribution in [0.1, 0.15) is 11.9 Å². The third kappa shape index (κ3) is 5.40. The van der Waals surface area contributed by atoms with Gasteiger partial charge in [0, 0.05) is 17.6 Å². The number of phosphoric ester groups is 1. The van der Waals surface area contributed by atoms with Crippen LogP contribution in [-0.4, -0.2) is 64.1 Å². The van der Waals surface area contributed by atoms with Crippen molar-refractivity contribution >= 4 is 26.6 Å². The summed E-state index contributed by atoms with van der Waals surface area (Å²) in [6, 6.07) is 4.94. The predicted molar refractivity (Wildman–Crippen MR) is 113 cm³/mol. The SMILES string of the molecule is O=c1ccn([C@@H]2O[C@H](COP(=O)(O)OP(=O)(O)O)[C@@H](O)[C@H]2O)c(=O)n1Cc1noc2c(F)cccc12. The number of aromatic nitrogens is 3. The van der Waals surface area contributed by atoms with Gasteiger partial charge < -0.3 is 34.2 Å². The maximum atomic E-state index is 13.9. The molecule has 0 bridgehead atoms. The van der Waals surface area contributed by atoms with Crippen LogP contribution in [0.2, 0.25) is 0 Å². The second kappa shape index (κ2) is 9.72. The smallest absolute Gasteiger partial charge is 0.387 e. The molecule has 0 amide bonds. The summed E-state index contributed by atoms with van der Waals surface area (Å²) in [5, 5.41) is 24.5. The number of halogens is 1. The van der Waals surface area contributed by atoms with Gasteiger partial charge in [0.25, 0.3) is 5.56 Å². The van der Waals surface area contributed by atoms with E-state index in [1.807, 2.05) is 0 Å². The molecule has 2 aromatic heterocycles. The van der Waals surface area contributed by atoms with Crippen molar-refractivity contribution in [3.8, 4) is 0 Å². The normalized spacial score (nSPS) is 24.3. The van der Waals surface area contributed by atoms with E-state index in [2.05, 4.69) is 14.0 Å². The number of benzene rings is 1. The lowest BCUT2D eigenvalue weighted by Gasteiger charge is -2.19. The van der Waals surface area contributed by atoms with Gasteiger partial charge >= 0.3 is 21.3 Å². The van der Waals surface area contributed by atoms with Gasteiger partial charge in [0.05, 0.1) is 13.2 Å². The number of phosphoric acid groups is 2. The topological polar surface area (TPSA) is 233 Å². The van der Waals surface area contributed by atoms with Crippen LogP contribution in [0.15, 0.2) is 44.6 Å². The molecule has 1 aromatic carbocycles. The van der Waals surface area contributed by atoms with Crippen molar-refractivity contribution in [2.75, 3.05) is 6.61 Å². The molecule has 1 aliphatic rings. The van der Waals surface area contributed by atoms with Gasteiger partial charge in [-0.15, -0.1) is 0 Å². The minimum absolute atomic E-state index is 0.0596. The molecule has 0 spiro atoms. The number of rotatable bonds is 8. The molecule has 0 saturated carbocycles. The molecule has 3 aromatic rings. The van der Waals surface area contributed by atoms with Crippen LogP contribution in [-0.2, 0) is 29.2 Å². The minimum atomic E-state index is -5.40. The largest absolute Gasteiger partial charge is 0.481 e. The lowest BCUT2D eigenvalue weighted by Crippen LogP contribution is -2.43. The van der Waals surface area contributed by atoms with Crippen LogP contribution in [0.25, 0.3) is 11.0 Å². The Kier molecular flexibility index (Phi) is 7.15. The number of hydrogen-bond donors (Lipinski definition) is 5. The lowest BCUT2D eigenvalue weighted by molar-refractivity contribution is -0.0547. The van der Waals surface area contributed by atoms with Gasteiger partial charge in [-0.25, -0.2) is 18.3 Å². The summed E-state index contributed by atoms with van der Waals surface area (Å²) in [6.07, 6.45) is -5.79. The van der Waals surface area contributed by atoms with Gasteiger partial charge in [-0.2, -0.15) is 4.31 Å². The monoisotopic (exact) mass is 553 g/mol. The van der Waals surface area contributed by atoms with Crippen molar-refractivity contribution in [2.24, 2.45) is 0 Å². The molecular formula is C17H18FN3O13P2. The molecule has 19 heteroatoms. The van der Waals surface area contributed by atoms with Gasteiger partial charge in [-0.3, -0.25) is 18.5 Å². The average Bonchev–Trinajstić information content (AvgIpc) is 3.31. The summed E-state index contributed by atoms with van der Waals surface area (Å²) < 4.78 is 56.0. The Hall–Kier alpha value is -2.56. The Bertz CT molecular complexity index is 1500. The molecule has 16 nitrogen and oxygen atoms in total. The highest BCUT2D eigenvalue weighted by Crippen LogP contribution is 2.57. The highest BCUT2D eigenvalue weighted by molar-refractivity contribution is 7.60. The zero-order valence-electron chi connectivity index (χ0n) is 17.7. The molecule has 4 rings (SSSR count).